The minimum Gasteiger partial charge on any atom is -0.307 e. The van der Waals surface area contributed by atoms with Crippen molar-refractivity contribution < 1.29 is 0 Å². The summed E-state index contributed by atoms with van der Waals surface area (Å²) in [5.41, 5.74) is 0.811. The van der Waals surface area contributed by atoms with Gasteiger partial charge in [-0.15, -0.1) is 11.3 Å². The van der Waals surface area contributed by atoms with Crippen LogP contribution in [-0.4, -0.2) is 4.57 Å². The lowest BCUT2D eigenvalue weighted by Gasteiger charge is -2.09. The van der Waals surface area contributed by atoms with E-state index in [4.69, 9.17) is 5.26 Å². The van der Waals surface area contributed by atoms with E-state index >= 15 is 0 Å². The SMILES string of the molecule is Cc1ccc(C#N)c(=O)n1Cc1sccc1Br. The lowest BCUT2D eigenvalue weighted by molar-refractivity contribution is 0.734. The van der Waals surface area contributed by atoms with E-state index < -0.39 is 0 Å². The van der Waals surface area contributed by atoms with E-state index in [9.17, 15) is 4.79 Å². The Morgan fingerprint density at radius 1 is 1.47 bits per heavy atom. The highest BCUT2D eigenvalue weighted by Crippen LogP contribution is 2.23. The predicted molar refractivity (Wildman–Crippen MR) is 71.3 cm³/mol. The molecule has 0 aromatic carbocycles. The topological polar surface area (TPSA) is 45.8 Å². The van der Waals surface area contributed by atoms with Crippen molar-refractivity contribution in [3.8, 4) is 6.07 Å². The quantitative estimate of drug-likeness (QED) is 0.856. The molecule has 0 atom stereocenters. The van der Waals surface area contributed by atoms with Gasteiger partial charge in [-0.2, -0.15) is 5.26 Å². The van der Waals surface area contributed by atoms with Crippen LogP contribution in [0, 0.1) is 18.3 Å². The van der Waals surface area contributed by atoms with E-state index in [1.54, 1.807) is 28.0 Å². The molecule has 0 aliphatic carbocycles. The van der Waals surface area contributed by atoms with Crippen molar-refractivity contribution in [1.82, 2.24) is 4.57 Å². The number of hydrogen-bond acceptors (Lipinski definition) is 3. The highest BCUT2D eigenvalue weighted by molar-refractivity contribution is 9.10. The van der Waals surface area contributed by atoms with E-state index in [0.29, 0.717) is 6.54 Å². The maximum atomic E-state index is 12.0. The summed E-state index contributed by atoms with van der Waals surface area (Å²) in [5.74, 6) is 0. The zero-order chi connectivity index (χ0) is 12.4. The molecule has 17 heavy (non-hydrogen) atoms. The van der Waals surface area contributed by atoms with Crippen molar-refractivity contribution in [2.24, 2.45) is 0 Å². The van der Waals surface area contributed by atoms with Crippen LogP contribution in [0.3, 0.4) is 0 Å². The zero-order valence-corrected chi connectivity index (χ0v) is 11.5. The van der Waals surface area contributed by atoms with Crippen LogP contribution < -0.4 is 5.56 Å². The van der Waals surface area contributed by atoms with Crippen molar-refractivity contribution in [2.45, 2.75) is 13.5 Å². The zero-order valence-electron chi connectivity index (χ0n) is 9.11. The van der Waals surface area contributed by atoms with Gasteiger partial charge < -0.3 is 4.57 Å². The second-order valence-electron chi connectivity index (χ2n) is 3.58. The van der Waals surface area contributed by atoms with Crippen molar-refractivity contribution in [3.63, 3.8) is 0 Å². The molecule has 0 saturated carbocycles. The van der Waals surface area contributed by atoms with Gasteiger partial charge in [0.15, 0.2) is 0 Å². The monoisotopic (exact) mass is 308 g/mol. The van der Waals surface area contributed by atoms with Gasteiger partial charge in [0.05, 0.1) is 6.54 Å². The molecule has 0 spiro atoms. The Hall–Kier alpha value is -1.38. The second kappa shape index (κ2) is 4.86. The van der Waals surface area contributed by atoms with E-state index in [-0.39, 0.29) is 11.1 Å². The van der Waals surface area contributed by atoms with E-state index in [0.717, 1.165) is 15.0 Å². The molecule has 0 fully saturated rings. The number of pyridine rings is 1. The summed E-state index contributed by atoms with van der Waals surface area (Å²) in [7, 11) is 0. The Kier molecular flexibility index (Phi) is 3.46. The van der Waals surface area contributed by atoms with Crippen LogP contribution in [0.5, 0.6) is 0 Å². The van der Waals surface area contributed by atoms with Crippen LogP contribution >= 0.6 is 27.3 Å². The first-order valence-corrected chi connectivity index (χ1v) is 6.63. The van der Waals surface area contributed by atoms with E-state index in [1.165, 1.54) is 0 Å². The predicted octanol–water partition coefficient (Wildman–Crippen LogP) is 2.90. The molecule has 0 aliphatic heterocycles. The molecule has 0 radical (unpaired) electrons. The number of aromatic nitrogens is 1. The molecule has 2 heterocycles. The fourth-order valence-corrected chi connectivity index (χ4v) is 3.00. The van der Waals surface area contributed by atoms with E-state index in [2.05, 4.69) is 15.9 Å². The molecule has 2 aromatic rings. The number of thiophene rings is 1. The average molecular weight is 309 g/mol. The van der Waals surface area contributed by atoms with Gasteiger partial charge in [-0.25, -0.2) is 0 Å². The van der Waals surface area contributed by atoms with Crippen LogP contribution in [-0.2, 0) is 6.54 Å². The minimum atomic E-state index is -0.229. The summed E-state index contributed by atoms with van der Waals surface area (Å²) < 4.78 is 2.62. The third kappa shape index (κ3) is 2.33. The van der Waals surface area contributed by atoms with Crippen LogP contribution in [0.2, 0.25) is 0 Å². The minimum absolute atomic E-state index is 0.184. The molecule has 0 unspecified atom stereocenters. The number of nitrogens with zero attached hydrogens (tertiary/aromatic N) is 2. The Labute approximate surface area is 111 Å². The third-order valence-electron chi connectivity index (χ3n) is 2.51. The van der Waals surface area contributed by atoms with Gasteiger partial charge in [-0.05, 0) is 46.4 Å². The summed E-state index contributed by atoms with van der Waals surface area (Å²) in [6, 6.07) is 7.23. The van der Waals surface area contributed by atoms with Gasteiger partial charge in [0.1, 0.15) is 11.6 Å². The van der Waals surface area contributed by atoms with Crippen molar-refractivity contribution in [2.75, 3.05) is 0 Å². The first-order chi connectivity index (χ1) is 8.13. The summed E-state index contributed by atoms with van der Waals surface area (Å²) in [6.45, 7) is 2.36. The number of halogens is 1. The summed E-state index contributed by atoms with van der Waals surface area (Å²) in [5, 5.41) is 10.8. The molecule has 2 rings (SSSR count). The molecule has 86 valence electrons. The van der Waals surface area contributed by atoms with Crippen molar-refractivity contribution in [3.05, 3.63) is 54.5 Å². The molecular weight excluding hydrogens is 300 g/mol. The molecule has 0 amide bonds. The van der Waals surface area contributed by atoms with Crippen molar-refractivity contribution >= 4 is 27.3 Å². The van der Waals surface area contributed by atoms with Gasteiger partial charge in [0.2, 0.25) is 0 Å². The fourth-order valence-electron chi connectivity index (χ4n) is 1.53. The highest BCUT2D eigenvalue weighted by atomic mass is 79.9. The van der Waals surface area contributed by atoms with Crippen molar-refractivity contribution in [1.29, 1.82) is 5.26 Å². The van der Waals surface area contributed by atoms with Gasteiger partial charge in [0.25, 0.3) is 5.56 Å². The van der Waals surface area contributed by atoms with Crippen LogP contribution in [0.4, 0.5) is 0 Å². The summed E-state index contributed by atoms with van der Waals surface area (Å²) >= 11 is 5.02. The molecule has 0 saturated heterocycles. The largest absolute Gasteiger partial charge is 0.307 e. The standard InChI is InChI=1S/C12H9BrN2OS/c1-8-2-3-9(6-14)12(16)15(8)7-11-10(13)4-5-17-11/h2-5H,7H2,1H3. The molecule has 0 bridgehead atoms. The average Bonchev–Trinajstić information content (AvgIpc) is 2.70. The summed E-state index contributed by atoms with van der Waals surface area (Å²) in [6.07, 6.45) is 0. The van der Waals surface area contributed by atoms with E-state index in [1.807, 2.05) is 24.4 Å². The number of hydrogen-bond donors (Lipinski definition) is 0. The number of aryl methyl sites for hydroxylation is 1. The van der Waals surface area contributed by atoms with Crippen LogP contribution in [0.25, 0.3) is 0 Å². The molecule has 5 heteroatoms. The Balaban J connectivity index is 2.50. The molecular formula is C12H9BrN2OS. The molecule has 3 nitrogen and oxygen atoms in total. The smallest absolute Gasteiger partial charge is 0.268 e. The lowest BCUT2D eigenvalue weighted by Crippen LogP contribution is -2.24. The normalized spacial score (nSPS) is 10.2. The third-order valence-corrected chi connectivity index (χ3v) is 4.42. The number of nitriles is 1. The van der Waals surface area contributed by atoms with Gasteiger partial charge in [-0.1, -0.05) is 0 Å². The first-order valence-electron chi connectivity index (χ1n) is 4.96. The Morgan fingerprint density at radius 2 is 2.24 bits per heavy atom. The summed E-state index contributed by atoms with van der Waals surface area (Å²) in [4.78, 5) is 13.1. The van der Waals surface area contributed by atoms with Crippen LogP contribution in [0.15, 0.2) is 32.8 Å². The Morgan fingerprint density at radius 3 is 2.82 bits per heavy atom. The maximum Gasteiger partial charge on any atom is 0.268 e. The molecule has 2 aromatic heterocycles. The Bertz CT molecular complexity index is 651. The highest BCUT2D eigenvalue weighted by Gasteiger charge is 2.09. The molecule has 0 N–H and O–H groups in total. The number of rotatable bonds is 2. The lowest BCUT2D eigenvalue weighted by atomic mass is 10.2. The van der Waals surface area contributed by atoms with Gasteiger partial charge in [-0.3, -0.25) is 4.79 Å². The first kappa shape index (κ1) is 12.1. The molecule has 0 aliphatic rings. The van der Waals surface area contributed by atoms with Gasteiger partial charge in [0, 0.05) is 15.0 Å². The van der Waals surface area contributed by atoms with Crippen LogP contribution in [0.1, 0.15) is 16.1 Å². The fraction of sp³-hybridized carbons (Fsp3) is 0.167. The van der Waals surface area contributed by atoms with Gasteiger partial charge >= 0.3 is 0 Å². The second-order valence-corrected chi connectivity index (χ2v) is 5.44. The maximum absolute atomic E-state index is 12.0.